The third kappa shape index (κ3) is 4.59. The molecule has 8 heteroatoms. The van der Waals surface area contributed by atoms with Crippen LogP contribution in [-0.4, -0.2) is 27.1 Å². The van der Waals surface area contributed by atoms with Crippen molar-refractivity contribution in [2.24, 2.45) is 0 Å². The second kappa shape index (κ2) is 9.01. The molecule has 2 amide bonds. The molecule has 1 aromatic heterocycles. The van der Waals surface area contributed by atoms with Crippen LogP contribution in [0.2, 0.25) is 0 Å². The number of hydrogen-bond donors (Lipinski definition) is 2. The molecule has 156 valence electrons. The lowest BCUT2D eigenvalue weighted by Gasteiger charge is -2.10. The highest BCUT2D eigenvalue weighted by Crippen LogP contribution is 2.28. The first-order valence-corrected chi connectivity index (χ1v) is 10.5. The number of halogens is 1. The van der Waals surface area contributed by atoms with Crippen molar-refractivity contribution in [1.82, 2.24) is 20.4 Å². The number of imidazole rings is 1. The number of carbonyl (C=O) groups is 2. The van der Waals surface area contributed by atoms with Crippen molar-refractivity contribution in [2.45, 2.75) is 12.1 Å². The summed E-state index contributed by atoms with van der Waals surface area (Å²) in [4.78, 5) is 29.0. The number of nitrogens with one attached hydrogen (secondary N) is 2. The zero-order chi connectivity index (χ0) is 21.8. The summed E-state index contributed by atoms with van der Waals surface area (Å²) in [6.45, 7) is 2.02. The summed E-state index contributed by atoms with van der Waals surface area (Å²) in [5.74, 6) is -1.79. The van der Waals surface area contributed by atoms with Crippen molar-refractivity contribution < 1.29 is 14.0 Å². The van der Waals surface area contributed by atoms with Crippen molar-refractivity contribution in [2.75, 3.05) is 5.75 Å². The zero-order valence-corrected chi connectivity index (χ0v) is 17.4. The quantitative estimate of drug-likeness (QED) is 0.367. The van der Waals surface area contributed by atoms with Gasteiger partial charge in [-0.2, -0.15) is 0 Å². The standard InChI is InChI=1S/C23H19FN4O2S/c1-15-7-6-8-16(13-15)28-20-12-5-4-11-19(20)25-23(28)31-14-21(29)26-27-22(30)17-9-2-3-10-18(17)24/h2-13H,14H2,1H3,(H,26,29)(H,27,30). The molecular weight excluding hydrogens is 415 g/mol. The van der Waals surface area contributed by atoms with Crippen molar-refractivity contribution >= 4 is 34.6 Å². The van der Waals surface area contributed by atoms with Crippen molar-refractivity contribution in [3.05, 3.63) is 89.7 Å². The van der Waals surface area contributed by atoms with E-state index in [-0.39, 0.29) is 11.3 Å². The molecule has 0 saturated heterocycles. The number of fused-ring (bicyclic) bond motifs is 1. The fourth-order valence-electron chi connectivity index (χ4n) is 3.12. The number of aryl methyl sites for hydroxylation is 1. The largest absolute Gasteiger partial charge is 0.287 e. The average Bonchev–Trinajstić information content (AvgIpc) is 3.15. The molecule has 1 heterocycles. The Hall–Kier alpha value is -3.65. The van der Waals surface area contributed by atoms with Crippen LogP contribution < -0.4 is 10.9 Å². The molecule has 0 fully saturated rings. The first-order chi connectivity index (χ1) is 15.0. The summed E-state index contributed by atoms with van der Waals surface area (Å²) >= 11 is 1.25. The highest BCUT2D eigenvalue weighted by atomic mass is 32.2. The van der Waals surface area contributed by atoms with Gasteiger partial charge in [0.15, 0.2) is 5.16 Å². The maximum absolute atomic E-state index is 13.7. The lowest BCUT2D eigenvalue weighted by atomic mass is 10.2. The number of para-hydroxylation sites is 2. The Bertz CT molecular complexity index is 1270. The number of amides is 2. The van der Waals surface area contributed by atoms with E-state index >= 15 is 0 Å². The van der Waals surface area contributed by atoms with Crippen molar-refractivity contribution in [1.29, 1.82) is 0 Å². The third-order valence-corrected chi connectivity index (χ3v) is 5.49. The number of benzene rings is 3. The maximum atomic E-state index is 13.7. The molecule has 0 aliphatic rings. The monoisotopic (exact) mass is 434 g/mol. The van der Waals surface area contributed by atoms with Crippen LogP contribution in [0.4, 0.5) is 4.39 Å². The van der Waals surface area contributed by atoms with Gasteiger partial charge in [0.1, 0.15) is 5.82 Å². The summed E-state index contributed by atoms with van der Waals surface area (Å²) in [7, 11) is 0. The topological polar surface area (TPSA) is 76.0 Å². The van der Waals surface area contributed by atoms with Crippen molar-refractivity contribution in [3.8, 4) is 5.69 Å². The minimum atomic E-state index is -0.719. The number of rotatable bonds is 5. The fourth-order valence-corrected chi connectivity index (χ4v) is 3.95. The number of nitrogens with zero attached hydrogens (tertiary/aromatic N) is 2. The van der Waals surface area contributed by atoms with Crippen LogP contribution in [0.5, 0.6) is 0 Å². The van der Waals surface area contributed by atoms with Crippen LogP contribution in [0, 0.1) is 12.7 Å². The smallest absolute Gasteiger partial charge is 0.272 e. The van der Waals surface area contributed by atoms with Crippen LogP contribution in [0.25, 0.3) is 16.7 Å². The molecule has 3 aromatic carbocycles. The SMILES string of the molecule is Cc1cccc(-n2c(SCC(=O)NNC(=O)c3ccccc3F)nc3ccccc32)c1. The number of hydrogen-bond acceptors (Lipinski definition) is 4. The number of hydrazine groups is 1. The second-order valence-corrected chi connectivity index (χ2v) is 7.77. The highest BCUT2D eigenvalue weighted by Gasteiger charge is 2.16. The van der Waals surface area contributed by atoms with Crippen LogP contribution >= 0.6 is 11.8 Å². The van der Waals surface area contributed by atoms with E-state index < -0.39 is 17.6 Å². The Morgan fingerprint density at radius 2 is 1.77 bits per heavy atom. The zero-order valence-electron chi connectivity index (χ0n) is 16.6. The Labute approximate surface area is 182 Å². The van der Waals surface area contributed by atoms with Crippen LogP contribution in [0.3, 0.4) is 0 Å². The normalized spacial score (nSPS) is 10.8. The summed E-state index contributed by atoms with van der Waals surface area (Å²) < 4.78 is 15.7. The van der Waals surface area contributed by atoms with Gasteiger partial charge in [-0.25, -0.2) is 9.37 Å². The van der Waals surface area contributed by atoms with Gasteiger partial charge in [0.25, 0.3) is 5.91 Å². The Morgan fingerprint density at radius 3 is 2.58 bits per heavy atom. The van der Waals surface area contributed by atoms with Gasteiger partial charge in [0, 0.05) is 5.69 Å². The van der Waals surface area contributed by atoms with E-state index in [9.17, 15) is 14.0 Å². The average molecular weight is 434 g/mol. The highest BCUT2D eigenvalue weighted by molar-refractivity contribution is 7.99. The maximum Gasteiger partial charge on any atom is 0.272 e. The number of thioether (sulfide) groups is 1. The number of carbonyl (C=O) groups excluding carboxylic acids is 2. The molecule has 0 unspecified atom stereocenters. The van der Waals surface area contributed by atoms with Crippen molar-refractivity contribution in [3.63, 3.8) is 0 Å². The molecule has 2 N–H and O–H groups in total. The van der Waals surface area contributed by atoms with E-state index in [0.29, 0.717) is 5.16 Å². The predicted octanol–water partition coefficient (Wildman–Crippen LogP) is 4.03. The molecule has 4 rings (SSSR count). The fraction of sp³-hybridized carbons (Fsp3) is 0.0870. The van der Waals surface area contributed by atoms with Gasteiger partial charge >= 0.3 is 0 Å². The third-order valence-electron chi connectivity index (χ3n) is 4.56. The van der Waals surface area contributed by atoms with Gasteiger partial charge in [0.2, 0.25) is 5.91 Å². The summed E-state index contributed by atoms with van der Waals surface area (Å²) in [6, 6.07) is 21.3. The van der Waals surface area contributed by atoms with Gasteiger partial charge in [-0.1, -0.05) is 48.2 Å². The van der Waals surface area contributed by atoms with E-state index in [4.69, 9.17) is 0 Å². The van der Waals surface area contributed by atoms with Gasteiger partial charge in [0.05, 0.1) is 22.3 Å². The molecule has 0 saturated carbocycles. The van der Waals surface area contributed by atoms with Gasteiger partial charge in [-0.3, -0.25) is 25.0 Å². The summed E-state index contributed by atoms with van der Waals surface area (Å²) in [5, 5.41) is 0.655. The minimum Gasteiger partial charge on any atom is -0.287 e. The lowest BCUT2D eigenvalue weighted by Crippen LogP contribution is -2.42. The minimum absolute atomic E-state index is 0.0205. The first-order valence-electron chi connectivity index (χ1n) is 9.54. The molecule has 0 aliphatic heterocycles. The molecular formula is C23H19FN4O2S. The van der Waals surface area contributed by atoms with Crippen LogP contribution in [0.1, 0.15) is 15.9 Å². The molecule has 0 radical (unpaired) electrons. The number of aromatic nitrogens is 2. The molecule has 0 aliphatic carbocycles. The summed E-state index contributed by atoms with van der Waals surface area (Å²) in [5.41, 5.74) is 8.23. The van der Waals surface area contributed by atoms with E-state index in [1.807, 2.05) is 60.0 Å². The molecule has 0 spiro atoms. The molecule has 6 nitrogen and oxygen atoms in total. The van der Waals surface area contributed by atoms with E-state index in [1.165, 1.54) is 30.0 Å². The van der Waals surface area contributed by atoms with Gasteiger partial charge < -0.3 is 0 Å². The van der Waals surface area contributed by atoms with Crippen LogP contribution in [-0.2, 0) is 4.79 Å². The van der Waals surface area contributed by atoms with E-state index in [1.54, 1.807) is 6.07 Å². The van der Waals surface area contributed by atoms with E-state index in [0.717, 1.165) is 22.3 Å². The van der Waals surface area contributed by atoms with Gasteiger partial charge in [-0.05, 0) is 48.9 Å². The van der Waals surface area contributed by atoms with Crippen LogP contribution in [0.15, 0.2) is 78.0 Å². The molecule has 0 atom stereocenters. The Balaban J connectivity index is 1.48. The molecule has 4 aromatic rings. The summed E-state index contributed by atoms with van der Waals surface area (Å²) in [6.07, 6.45) is 0. The Morgan fingerprint density at radius 1 is 1.00 bits per heavy atom. The van der Waals surface area contributed by atoms with E-state index in [2.05, 4.69) is 15.8 Å². The lowest BCUT2D eigenvalue weighted by molar-refractivity contribution is -0.119. The molecule has 31 heavy (non-hydrogen) atoms. The molecule has 0 bridgehead atoms. The van der Waals surface area contributed by atoms with Gasteiger partial charge in [-0.15, -0.1) is 0 Å². The Kier molecular flexibility index (Phi) is 5.99. The predicted molar refractivity (Wildman–Crippen MR) is 119 cm³/mol. The first kappa shape index (κ1) is 20.6. The second-order valence-electron chi connectivity index (χ2n) is 6.83.